The van der Waals surface area contributed by atoms with Crippen molar-refractivity contribution in [3.05, 3.63) is 0 Å². The molecule has 0 spiro atoms. The fourth-order valence-corrected chi connectivity index (χ4v) is 0.649. The summed E-state index contributed by atoms with van der Waals surface area (Å²) in [4.78, 5) is 22.1. The largest absolute Gasteiger partial charge is 0.418 e. The Hall–Kier alpha value is -1.26. The first-order chi connectivity index (χ1) is 4.70. The minimum atomic E-state index is -1.04. The molecule has 0 aromatic rings. The van der Waals surface area contributed by atoms with Crippen LogP contribution < -0.4 is 5.73 Å². The maximum Gasteiger partial charge on any atom is 0.418 e. The second-order valence-corrected chi connectivity index (χ2v) is 2.03. The van der Waals surface area contributed by atoms with Crippen LogP contribution in [-0.2, 0) is 4.74 Å². The standard InChI is InChI=1S/C5H8N2O3/c6-4(8)10-5(9)7-2-1-3-7/h1-3H2,(H2,6,8). The molecule has 10 heavy (non-hydrogen) atoms. The van der Waals surface area contributed by atoms with Gasteiger partial charge in [0.1, 0.15) is 0 Å². The SMILES string of the molecule is NC(=O)OC(=O)N1CCC1. The third kappa shape index (κ3) is 1.37. The zero-order valence-electron chi connectivity index (χ0n) is 5.37. The first kappa shape index (κ1) is 6.85. The zero-order valence-corrected chi connectivity index (χ0v) is 5.37. The van der Waals surface area contributed by atoms with Crippen LogP contribution >= 0.6 is 0 Å². The van der Waals surface area contributed by atoms with E-state index in [0.717, 1.165) is 6.42 Å². The number of amides is 2. The number of ether oxygens (including phenoxy) is 1. The van der Waals surface area contributed by atoms with E-state index < -0.39 is 12.2 Å². The van der Waals surface area contributed by atoms with E-state index in [0.29, 0.717) is 13.1 Å². The van der Waals surface area contributed by atoms with Gasteiger partial charge in [-0.05, 0) is 6.42 Å². The van der Waals surface area contributed by atoms with Crippen molar-refractivity contribution in [3.63, 3.8) is 0 Å². The van der Waals surface area contributed by atoms with Crippen LogP contribution in [0.1, 0.15) is 6.42 Å². The number of hydrogen-bond donors (Lipinski definition) is 1. The van der Waals surface area contributed by atoms with Crippen LogP contribution in [0.2, 0.25) is 0 Å². The summed E-state index contributed by atoms with van der Waals surface area (Å²) in [6.45, 7) is 1.32. The first-order valence-corrected chi connectivity index (χ1v) is 2.96. The van der Waals surface area contributed by atoms with Crippen LogP contribution in [0.25, 0.3) is 0 Å². The minimum Gasteiger partial charge on any atom is -0.359 e. The predicted molar refractivity (Wildman–Crippen MR) is 32.3 cm³/mol. The highest BCUT2D eigenvalue weighted by atomic mass is 16.6. The lowest BCUT2D eigenvalue weighted by molar-refractivity contribution is 0.101. The van der Waals surface area contributed by atoms with Gasteiger partial charge >= 0.3 is 12.2 Å². The van der Waals surface area contributed by atoms with E-state index in [1.54, 1.807) is 0 Å². The molecule has 2 amide bonds. The monoisotopic (exact) mass is 144 g/mol. The van der Waals surface area contributed by atoms with E-state index in [4.69, 9.17) is 0 Å². The Kier molecular flexibility index (Phi) is 1.75. The molecule has 0 radical (unpaired) electrons. The van der Waals surface area contributed by atoms with E-state index >= 15 is 0 Å². The number of carbonyl (C=O) groups excluding carboxylic acids is 2. The van der Waals surface area contributed by atoms with Gasteiger partial charge in [-0.3, -0.25) is 0 Å². The second-order valence-electron chi connectivity index (χ2n) is 2.03. The average molecular weight is 144 g/mol. The van der Waals surface area contributed by atoms with Gasteiger partial charge in [-0.25, -0.2) is 9.59 Å². The molecule has 1 rings (SSSR count). The van der Waals surface area contributed by atoms with Gasteiger partial charge in [0.2, 0.25) is 0 Å². The topological polar surface area (TPSA) is 72.6 Å². The van der Waals surface area contributed by atoms with Gasteiger partial charge in [0.05, 0.1) is 0 Å². The zero-order chi connectivity index (χ0) is 7.56. The Morgan fingerprint density at radius 3 is 2.30 bits per heavy atom. The summed E-state index contributed by atoms with van der Waals surface area (Å²) in [5.41, 5.74) is 4.60. The van der Waals surface area contributed by atoms with E-state index in [2.05, 4.69) is 10.5 Å². The van der Waals surface area contributed by atoms with E-state index in [1.807, 2.05) is 0 Å². The molecule has 1 fully saturated rings. The lowest BCUT2D eigenvalue weighted by Gasteiger charge is -2.28. The van der Waals surface area contributed by atoms with Crippen molar-refractivity contribution in [1.29, 1.82) is 0 Å². The molecule has 2 N–H and O–H groups in total. The molecule has 1 saturated heterocycles. The predicted octanol–water partition coefficient (Wildman–Crippen LogP) is -0.0926. The van der Waals surface area contributed by atoms with Crippen molar-refractivity contribution in [2.75, 3.05) is 13.1 Å². The van der Waals surface area contributed by atoms with E-state index in [1.165, 1.54) is 4.90 Å². The molecule has 0 bridgehead atoms. The number of nitrogens with two attached hydrogens (primary N) is 1. The molecule has 1 aliphatic heterocycles. The molecule has 0 aromatic heterocycles. The third-order valence-electron chi connectivity index (χ3n) is 1.30. The van der Waals surface area contributed by atoms with Crippen LogP contribution in [0.3, 0.4) is 0 Å². The number of rotatable bonds is 0. The third-order valence-corrected chi connectivity index (χ3v) is 1.30. The van der Waals surface area contributed by atoms with Crippen LogP contribution in [-0.4, -0.2) is 30.2 Å². The molecule has 56 valence electrons. The summed E-state index contributed by atoms with van der Waals surface area (Å²) >= 11 is 0. The van der Waals surface area contributed by atoms with Gasteiger partial charge in [0.25, 0.3) is 0 Å². The van der Waals surface area contributed by atoms with E-state index in [9.17, 15) is 9.59 Å². The summed E-state index contributed by atoms with van der Waals surface area (Å²) in [5.74, 6) is 0. The number of nitrogens with zero attached hydrogens (tertiary/aromatic N) is 1. The van der Waals surface area contributed by atoms with Crippen LogP contribution in [0.15, 0.2) is 0 Å². The van der Waals surface area contributed by atoms with Gasteiger partial charge in [-0.2, -0.15) is 0 Å². The quantitative estimate of drug-likeness (QED) is 0.483. The van der Waals surface area contributed by atoms with Crippen molar-refractivity contribution < 1.29 is 14.3 Å². The van der Waals surface area contributed by atoms with Crippen LogP contribution in [0.5, 0.6) is 0 Å². The number of primary amides is 1. The number of likely N-dealkylation sites (tertiary alicyclic amines) is 1. The number of hydrogen-bond acceptors (Lipinski definition) is 3. The molecule has 0 aromatic carbocycles. The van der Waals surface area contributed by atoms with Gasteiger partial charge < -0.3 is 15.4 Å². The van der Waals surface area contributed by atoms with Crippen molar-refractivity contribution in [1.82, 2.24) is 4.90 Å². The van der Waals surface area contributed by atoms with Gasteiger partial charge in [0.15, 0.2) is 0 Å². The lowest BCUT2D eigenvalue weighted by atomic mass is 10.2. The Morgan fingerprint density at radius 1 is 1.40 bits per heavy atom. The Balaban J connectivity index is 2.27. The summed E-state index contributed by atoms with van der Waals surface area (Å²) in [6.07, 6.45) is -0.718. The summed E-state index contributed by atoms with van der Waals surface area (Å²) in [6, 6.07) is 0. The maximum absolute atomic E-state index is 10.6. The molecular weight excluding hydrogens is 136 g/mol. The van der Waals surface area contributed by atoms with Crippen molar-refractivity contribution in [2.24, 2.45) is 5.73 Å². The minimum absolute atomic E-state index is 0.640. The molecule has 0 atom stereocenters. The van der Waals surface area contributed by atoms with Crippen molar-refractivity contribution >= 4 is 12.2 Å². The van der Waals surface area contributed by atoms with Gasteiger partial charge in [-0.1, -0.05) is 0 Å². The van der Waals surface area contributed by atoms with Crippen LogP contribution in [0, 0.1) is 0 Å². The fourth-order valence-electron chi connectivity index (χ4n) is 0.649. The summed E-state index contributed by atoms with van der Waals surface area (Å²) < 4.78 is 4.08. The van der Waals surface area contributed by atoms with Crippen LogP contribution in [0.4, 0.5) is 9.59 Å². The molecule has 0 unspecified atom stereocenters. The highest BCUT2D eigenvalue weighted by Crippen LogP contribution is 2.06. The Bertz CT molecular complexity index is 164. The molecule has 5 heteroatoms. The van der Waals surface area contributed by atoms with E-state index in [-0.39, 0.29) is 0 Å². The van der Waals surface area contributed by atoms with Gasteiger partial charge in [-0.15, -0.1) is 0 Å². The smallest absolute Gasteiger partial charge is 0.359 e. The maximum atomic E-state index is 10.6. The molecular formula is C5H8N2O3. The Morgan fingerprint density at radius 2 is 2.00 bits per heavy atom. The van der Waals surface area contributed by atoms with Crippen molar-refractivity contribution in [3.8, 4) is 0 Å². The molecule has 1 aliphatic rings. The molecule has 5 nitrogen and oxygen atoms in total. The summed E-state index contributed by atoms with van der Waals surface area (Å²) in [5, 5.41) is 0. The normalized spacial score (nSPS) is 15.8. The highest BCUT2D eigenvalue weighted by molar-refractivity contribution is 5.82. The molecule has 1 heterocycles. The lowest BCUT2D eigenvalue weighted by Crippen LogP contribution is -2.43. The second kappa shape index (κ2) is 2.55. The molecule has 0 aliphatic carbocycles. The average Bonchev–Trinajstić information content (AvgIpc) is 1.55. The Labute approximate surface area is 57.7 Å². The van der Waals surface area contributed by atoms with Gasteiger partial charge in [0, 0.05) is 13.1 Å². The fraction of sp³-hybridized carbons (Fsp3) is 0.600. The highest BCUT2D eigenvalue weighted by Gasteiger charge is 2.22. The summed E-state index contributed by atoms with van der Waals surface area (Å²) in [7, 11) is 0. The first-order valence-electron chi connectivity index (χ1n) is 2.96. The molecule has 0 saturated carbocycles. The number of carbonyl (C=O) groups is 2. The van der Waals surface area contributed by atoms with Crippen molar-refractivity contribution in [2.45, 2.75) is 6.42 Å².